The third kappa shape index (κ3) is 8.85. The second-order valence-corrected chi connectivity index (χ2v) is 28.3. The van der Waals surface area contributed by atoms with Gasteiger partial charge in [0.2, 0.25) is 0 Å². The fraction of sp³-hybridized carbons (Fsp3) is 0.0200. The molecule has 4 heterocycles. The molecule has 4 aliphatic rings. The highest BCUT2D eigenvalue weighted by molar-refractivity contribution is 6.00. The molecular formula is C100H60N6. The minimum Gasteiger partial charge on any atom is -0.256 e. The van der Waals surface area contributed by atoms with Gasteiger partial charge in [-0.15, -0.1) is 0 Å². The standard InChI is InChI=1S/C100H60N6/c1-7-29-83-75(21-1)76-22-2-8-30-84(76)99(83)87-33-11-5-25-79(87)81-53-51-71(57-89(81)99)93-59-91(65-43-39-63(40-44-65)73-27-13-17-67-19-15-55-101-95(67)73)103-97(105-93)69-47-35-61(36-48-69)62-37-49-70(50-38-62)98-104-92(66-45-41-64(42-46-66)74-28-14-18-68-20-16-56-102-96(68)74)60-94(106-98)72-52-54-82-80-26-6-12-34-88(80)100(90(82)58-72)85-31-9-3-23-77(85)78-24-4-10-32-86(78)100/h1-60H. The van der Waals surface area contributed by atoms with E-state index in [0.29, 0.717) is 11.6 Å². The van der Waals surface area contributed by atoms with Crippen LogP contribution >= 0.6 is 0 Å². The van der Waals surface area contributed by atoms with Crippen LogP contribution in [0.1, 0.15) is 44.5 Å². The molecule has 106 heavy (non-hydrogen) atoms. The monoisotopic (exact) mass is 1340 g/mol. The van der Waals surface area contributed by atoms with E-state index >= 15 is 0 Å². The van der Waals surface area contributed by atoms with Crippen LogP contribution in [0.25, 0.3) is 167 Å². The number of hydrogen-bond acceptors (Lipinski definition) is 6. The third-order valence-electron chi connectivity index (χ3n) is 22.9. The second kappa shape index (κ2) is 23.3. The molecule has 0 saturated heterocycles. The van der Waals surface area contributed by atoms with Crippen molar-refractivity contribution in [1.29, 1.82) is 0 Å². The van der Waals surface area contributed by atoms with E-state index in [-0.39, 0.29) is 0 Å². The van der Waals surface area contributed by atoms with Crippen LogP contribution in [0.15, 0.2) is 364 Å². The summed E-state index contributed by atoms with van der Waals surface area (Å²) in [5.41, 5.74) is 37.1. The first-order valence-corrected chi connectivity index (χ1v) is 36.3. The van der Waals surface area contributed by atoms with Gasteiger partial charge in [0.1, 0.15) is 0 Å². The Hall–Kier alpha value is -13.9. The molecule has 0 aliphatic heterocycles. The average molecular weight is 1350 g/mol. The number of benzene rings is 14. The number of hydrogen-bond donors (Lipinski definition) is 0. The second-order valence-electron chi connectivity index (χ2n) is 28.3. The lowest BCUT2D eigenvalue weighted by molar-refractivity contribution is 0.794. The van der Waals surface area contributed by atoms with Gasteiger partial charge < -0.3 is 0 Å². The van der Waals surface area contributed by atoms with Crippen LogP contribution in [0.5, 0.6) is 0 Å². The Bertz CT molecular complexity index is 6150. The van der Waals surface area contributed by atoms with Gasteiger partial charge in [0.05, 0.1) is 44.6 Å². The van der Waals surface area contributed by atoms with Crippen molar-refractivity contribution in [1.82, 2.24) is 29.9 Å². The first kappa shape index (κ1) is 59.7. The molecule has 4 aliphatic carbocycles. The fourth-order valence-electron chi connectivity index (χ4n) is 18.2. The smallest absolute Gasteiger partial charge is 0.160 e. The van der Waals surface area contributed by atoms with Crippen molar-refractivity contribution in [2.75, 3.05) is 0 Å². The molecule has 6 nitrogen and oxygen atoms in total. The van der Waals surface area contributed by atoms with Gasteiger partial charge in [-0.2, -0.15) is 0 Å². The largest absolute Gasteiger partial charge is 0.256 e. The van der Waals surface area contributed by atoms with Crippen LogP contribution in [0.3, 0.4) is 0 Å². The van der Waals surface area contributed by atoms with E-state index < -0.39 is 10.8 Å². The number of para-hydroxylation sites is 2. The minimum absolute atomic E-state index is 0.503. The van der Waals surface area contributed by atoms with Gasteiger partial charge in [0.15, 0.2) is 11.6 Å². The highest BCUT2D eigenvalue weighted by Gasteiger charge is 2.53. The predicted molar refractivity (Wildman–Crippen MR) is 430 cm³/mol. The highest BCUT2D eigenvalue weighted by Crippen LogP contribution is 2.65. The van der Waals surface area contributed by atoms with Crippen molar-refractivity contribution < 1.29 is 0 Å². The van der Waals surface area contributed by atoms with E-state index in [0.717, 1.165) is 111 Å². The number of fused-ring (bicyclic) bond motifs is 22. The van der Waals surface area contributed by atoms with Crippen LogP contribution < -0.4 is 0 Å². The van der Waals surface area contributed by atoms with Crippen LogP contribution in [0.2, 0.25) is 0 Å². The molecule has 0 unspecified atom stereocenters. The summed E-state index contributed by atoms with van der Waals surface area (Å²) in [5.74, 6) is 1.28. The lowest BCUT2D eigenvalue weighted by Crippen LogP contribution is -2.25. The molecule has 490 valence electrons. The molecule has 2 spiro atoms. The Morgan fingerprint density at radius 3 is 0.764 bits per heavy atom. The molecule has 0 amide bonds. The maximum Gasteiger partial charge on any atom is 0.160 e. The first-order chi connectivity index (χ1) is 52.5. The van der Waals surface area contributed by atoms with Gasteiger partial charge in [0.25, 0.3) is 0 Å². The average Bonchev–Trinajstić information content (AvgIpc) is 1.52. The van der Waals surface area contributed by atoms with Crippen molar-refractivity contribution in [3.05, 3.63) is 409 Å². The molecule has 0 saturated carbocycles. The lowest BCUT2D eigenvalue weighted by atomic mass is 9.70. The van der Waals surface area contributed by atoms with Gasteiger partial charge in [0, 0.05) is 67.7 Å². The number of nitrogens with zero attached hydrogens (tertiary/aromatic N) is 6. The van der Waals surface area contributed by atoms with E-state index in [2.05, 4.69) is 340 Å². The fourth-order valence-corrected chi connectivity index (χ4v) is 18.2. The third-order valence-corrected chi connectivity index (χ3v) is 22.9. The Morgan fingerprint density at radius 2 is 0.425 bits per heavy atom. The maximum absolute atomic E-state index is 5.54. The molecule has 6 heteroatoms. The summed E-state index contributed by atoms with van der Waals surface area (Å²) in [7, 11) is 0. The zero-order valence-corrected chi connectivity index (χ0v) is 57.3. The quantitative estimate of drug-likeness (QED) is 0.143. The summed E-state index contributed by atoms with van der Waals surface area (Å²) in [5, 5.41) is 2.21. The summed E-state index contributed by atoms with van der Waals surface area (Å²) in [6.07, 6.45) is 3.73. The normalized spacial score (nSPS) is 13.2. The lowest BCUT2D eigenvalue weighted by Gasteiger charge is -2.30. The van der Waals surface area contributed by atoms with Crippen molar-refractivity contribution in [3.63, 3.8) is 0 Å². The van der Waals surface area contributed by atoms with E-state index in [1.807, 2.05) is 24.5 Å². The number of pyridine rings is 2. The number of rotatable bonds is 9. The van der Waals surface area contributed by atoms with Crippen molar-refractivity contribution in [2.45, 2.75) is 10.8 Å². The van der Waals surface area contributed by atoms with Crippen LogP contribution in [-0.4, -0.2) is 29.9 Å². The molecule has 18 aromatic rings. The van der Waals surface area contributed by atoms with E-state index in [1.54, 1.807) is 0 Å². The zero-order chi connectivity index (χ0) is 69.6. The van der Waals surface area contributed by atoms with Crippen LogP contribution in [0, 0.1) is 0 Å². The summed E-state index contributed by atoms with van der Waals surface area (Å²) < 4.78 is 0. The zero-order valence-electron chi connectivity index (χ0n) is 57.3. The molecular weight excluding hydrogens is 1290 g/mol. The van der Waals surface area contributed by atoms with E-state index in [1.165, 1.54) is 89.0 Å². The molecule has 0 radical (unpaired) electrons. The van der Waals surface area contributed by atoms with Gasteiger partial charge >= 0.3 is 0 Å². The topological polar surface area (TPSA) is 77.3 Å². The van der Waals surface area contributed by atoms with Gasteiger partial charge in [-0.05, 0) is 148 Å². The maximum atomic E-state index is 5.54. The van der Waals surface area contributed by atoms with Crippen LogP contribution in [-0.2, 0) is 10.8 Å². The van der Waals surface area contributed by atoms with Crippen molar-refractivity contribution in [2.24, 2.45) is 0 Å². The Morgan fingerprint density at radius 1 is 0.170 bits per heavy atom. The minimum atomic E-state index is -0.503. The number of aromatic nitrogens is 6. The Labute approximate surface area is 613 Å². The summed E-state index contributed by atoms with van der Waals surface area (Å²) in [6, 6.07) is 128. The molecule has 0 atom stereocenters. The van der Waals surface area contributed by atoms with Gasteiger partial charge in [-0.3, -0.25) is 9.97 Å². The van der Waals surface area contributed by atoms with E-state index in [4.69, 9.17) is 29.9 Å². The highest BCUT2D eigenvalue weighted by atomic mass is 14.9. The predicted octanol–water partition coefficient (Wildman–Crippen LogP) is 24.1. The molecule has 0 bridgehead atoms. The molecule has 0 fully saturated rings. The molecule has 0 N–H and O–H groups in total. The SMILES string of the molecule is c1ccc2c(c1)-c1ccccc1C21c2ccccc2-c2ccc(-c3cc(-c4ccc(-c5cccc6cccnc56)cc4)nc(-c4ccc(-c5ccc(-c6nc(-c7ccc(-c8cccc9cccnc89)cc7)cc(-c7ccc8c(c7)C7(c9ccccc9-c9ccccc97)c7ccccc7-8)n6)cc5)cc4)n3)cc21. The van der Waals surface area contributed by atoms with Crippen molar-refractivity contribution in [3.8, 4) is 146 Å². The molecule has 4 aromatic heterocycles. The van der Waals surface area contributed by atoms with Gasteiger partial charge in [-0.1, -0.05) is 315 Å². The molecule has 14 aromatic carbocycles. The summed E-state index contributed by atoms with van der Waals surface area (Å²) >= 11 is 0. The van der Waals surface area contributed by atoms with Crippen LogP contribution in [0.4, 0.5) is 0 Å². The Balaban J connectivity index is 0.642. The first-order valence-electron chi connectivity index (χ1n) is 36.3. The van der Waals surface area contributed by atoms with E-state index in [9.17, 15) is 0 Å². The summed E-state index contributed by atoms with van der Waals surface area (Å²) in [4.78, 5) is 31.6. The molecule has 22 rings (SSSR count). The van der Waals surface area contributed by atoms with Crippen molar-refractivity contribution >= 4 is 21.8 Å². The summed E-state index contributed by atoms with van der Waals surface area (Å²) in [6.45, 7) is 0. The van der Waals surface area contributed by atoms with Gasteiger partial charge in [-0.25, -0.2) is 19.9 Å². The Kier molecular flexibility index (Phi) is 13.1.